The molecule has 0 aliphatic rings. The molecule has 0 aromatic heterocycles. The third kappa shape index (κ3) is 8.82. The quantitative estimate of drug-likeness (QED) is 0.191. The highest BCUT2D eigenvalue weighted by molar-refractivity contribution is 9.10. The Balaban J connectivity index is 1.67. The number of hydrogen-bond acceptors (Lipinski definition) is 4. The van der Waals surface area contributed by atoms with Crippen LogP contribution in [0.1, 0.15) is 72.6 Å². The molecule has 5 heteroatoms. The van der Waals surface area contributed by atoms with Gasteiger partial charge >= 0.3 is 5.97 Å². The van der Waals surface area contributed by atoms with E-state index in [1.165, 1.54) is 38.5 Å². The number of unbranched alkanes of at least 4 members (excludes halogenated alkanes) is 6. The Morgan fingerprint density at radius 3 is 2.03 bits per heavy atom. The second kappa shape index (κ2) is 13.2. The normalized spacial score (nSPS) is 10.6. The van der Waals surface area contributed by atoms with Crippen molar-refractivity contribution in [2.75, 3.05) is 13.2 Å². The van der Waals surface area contributed by atoms with E-state index in [4.69, 9.17) is 9.47 Å². The standard InChI is InChI=1S/C24H29BrO4/c1-2-3-4-5-6-7-8-17-28-22-15-11-19(12-16-22)23(26)18-29-24(27)20-9-13-21(25)14-10-20/h9-16H,2-8,17-18H2,1H3. The molecule has 0 unspecified atom stereocenters. The molecule has 0 atom stereocenters. The molecule has 156 valence electrons. The molecule has 0 spiro atoms. The van der Waals surface area contributed by atoms with Crippen LogP contribution in [0.5, 0.6) is 5.75 Å². The molecule has 0 heterocycles. The van der Waals surface area contributed by atoms with E-state index < -0.39 is 5.97 Å². The van der Waals surface area contributed by atoms with E-state index >= 15 is 0 Å². The number of ketones is 1. The highest BCUT2D eigenvalue weighted by atomic mass is 79.9. The van der Waals surface area contributed by atoms with Gasteiger partial charge in [0, 0.05) is 10.0 Å². The molecule has 0 saturated heterocycles. The predicted molar refractivity (Wildman–Crippen MR) is 119 cm³/mol. The minimum atomic E-state index is -0.513. The molecular formula is C24H29BrO4. The van der Waals surface area contributed by atoms with Crippen molar-refractivity contribution >= 4 is 27.7 Å². The summed E-state index contributed by atoms with van der Waals surface area (Å²) in [5.74, 6) is -0.00558. The van der Waals surface area contributed by atoms with E-state index in [1.807, 2.05) is 0 Å². The summed E-state index contributed by atoms with van der Waals surface area (Å²) in [5, 5.41) is 0. The largest absolute Gasteiger partial charge is 0.494 e. The topological polar surface area (TPSA) is 52.6 Å². The molecule has 0 aliphatic carbocycles. The van der Waals surface area contributed by atoms with Crippen LogP contribution in [0, 0.1) is 0 Å². The van der Waals surface area contributed by atoms with Crippen LogP contribution in [0.2, 0.25) is 0 Å². The van der Waals surface area contributed by atoms with Gasteiger partial charge in [0.25, 0.3) is 0 Å². The lowest BCUT2D eigenvalue weighted by atomic mass is 10.1. The Kier molecular flexibility index (Phi) is 10.5. The molecule has 2 aromatic rings. The summed E-state index contributed by atoms with van der Waals surface area (Å²) < 4.78 is 11.7. The van der Waals surface area contributed by atoms with Gasteiger partial charge in [0.2, 0.25) is 0 Å². The maximum Gasteiger partial charge on any atom is 0.338 e. The Bertz CT molecular complexity index is 753. The zero-order valence-corrected chi connectivity index (χ0v) is 18.6. The first-order valence-corrected chi connectivity index (χ1v) is 11.1. The molecule has 29 heavy (non-hydrogen) atoms. The average Bonchev–Trinajstić information content (AvgIpc) is 2.74. The lowest BCUT2D eigenvalue weighted by molar-refractivity contribution is 0.0474. The van der Waals surface area contributed by atoms with E-state index in [-0.39, 0.29) is 12.4 Å². The molecule has 4 nitrogen and oxygen atoms in total. The van der Waals surface area contributed by atoms with Gasteiger partial charge in [-0.2, -0.15) is 0 Å². The summed E-state index contributed by atoms with van der Waals surface area (Å²) in [6, 6.07) is 13.8. The van der Waals surface area contributed by atoms with Gasteiger partial charge in [-0.25, -0.2) is 4.79 Å². The second-order valence-electron chi connectivity index (χ2n) is 7.00. The highest BCUT2D eigenvalue weighted by Crippen LogP contribution is 2.15. The Morgan fingerprint density at radius 2 is 1.38 bits per heavy atom. The number of benzene rings is 2. The van der Waals surface area contributed by atoms with Gasteiger partial charge in [-0.1, -0.05) is 61.4 Å². The molecular weight excluding hydrogens is 432 g/mol. The summed E-state index contributed by atoms with van der Waals surface area (Å²) in [7, 11) is 0. The van der Waals surface area contributed by atoms with Gasteiger partial charge in [-0.05, 0) is 55.0 Å². The predicted octanol–water partition coefficient (Wildman–Crippen LogP) is 6.62. The van der Waals surface area contributed by atoms with E-state index in [1.54, 1.807) is 48.5 Å². The SMILES string of the molecule is CCCCCCCCCOc1ccc(C(=O)COC(=O)c2ccc(Br)cc2)cc1. The molecule has 0 amide bonds. The Labute approximate surface area is 181 Å². The molecule has 0 bridgehead atoms. The zero-order chi connectivity index (χ0) is 20.9. The minimum absolute atomic E-state index is 0.242. The fourth-order valence-corrected chi connectivity index (χ4v) is 3.13. The van der Waals surface area contributed by atoms with Crippen LogP contribution in [0.4, 0.5) is 0 Å². The van der Waals surface area contributed by atoms with Crippen molar-refractivity contribution < 1.29 is 19.1 Å². The smallest absolute Gasteiger partial charge is 0.338 e. The van der Waals surface area contributed by atoms with Crippen LogP contribution in [-0.2, 0) is 4.74 Å². The molecule has 0 radical (unpaired) electrons. The van der Waals surface area contributed by atoms with E-state index in [0.29, 0.717) is 17.7 Å². The maximum atomic E-state index is 12.2. The first kappa shape index (κ1) is 23.1. The van der Waals surface area contributed by atoms with E-state index in [2.05, 4.69) is 22.9 Å². The molecule has 0 aliphatic heterocycles. The van der Waals surface area contributed by atoms with Gasteiger partial charge in [0.15, 0.2) is 12.4 Å². The van der Waals surface area contributed by atoms with Crippen LogP contribution in [0.15, 0.2) is 53.0 Å². The number of esters is 1. The van der Waals surface area contributed by atoms with Gasteiger partial charge in [-0.15, -0.1) is 0 Å². The number of Topliss-reactive ketones (excluding diaryl/α,β-unsaturated/α-hetero) is 1. The molecule has 0 saturated carbocycles. The average molecular weight is 461 g/mol. The number of hydrogen-bond donors (Lipinski definition) is 0. The summed E-state index contributed by atoms with van der Waals surface area (Å²) in [5.41, 5.74) is 0.909. The first-order valence-electron chi connectivity index (χ1n) is 10.3. The van der Waals surface area contributed by atoms with Crippen molar-refractivity contribution in [3.63, 3.8) is 0 Å². The first-order chi connectivity index (χ1) is 14.1. The van der Waals surface area contributed by atoms with Crippen molar-refractivity contribution in [1.82, 2.24) is 0 Å². The van der Waals surface area contributed by atoms with Crippen molar-refractivity contribution in [2.45, 2.75) is 51.9 Å². The number of rotatable bonds is 13. The van der Waals surface area contributed by atoms with Crippen molar-refractivity contribution in [1.29, 1.82) is 0 Å². The molecule has 2 aromatic carbocycles. The van der Waals surface area contributed by atoms with Crippen molar-refractivity contribution in [2.24, 2.45) is 0 Å². The molecule has 0 N–H and O–H groups in total. The molecule has 2 rings (SSSR count). The lowest BCUT2D eigenvalue weighted by Gasteiger charge is -2.08. The summed E-state index contributed by atoms with van der Waals surface area (Å²) >= 11 is 3.31. The molecule has 0 fully saturated rings. The van der Waals surface area contributed by atoms with Gasteiger partial charge in [-0.3, -0.25) is 4.79 Å². The monoisotopic (exact) mass is 460 g/mol. The van der Waals surface area contributed by atoms with Crippen LogP contribution < -0.4 is 4.74 Å². The fourth-order valence-electron chi connectivity index (χ4n) is 2.87. The lowest BCUT2D eigenvalue weighted by Crippen LogP contribution is -2.14. The Hall–Kier alpha value is -2.14. The number of carbonyl (C=O) groups excluding carboxylic acids is 2. The van der Waals surface area contributed by atoms with E-state index in [0.717, 1.165) is 16.6 Å². The van der Waals surface area contributed by atoms with E-state index in [9.17, 15) is 9.59 Å². The van der Waals surface area contributed by atoms with Crippen LogP contribution >= 0.6 is 15.9 Å². The van der Waals surface area contributed by atoms with Crippen LogP contribution in [-0.4, -0.2) is 25.0 Å². The summed E-state index contributed by atoms with van der Waals surface area (Å²) in [4.78, 5) is 24.2. The number of carbonyl (C=O) groups is 2. The third-order valence-electron chi connectivity index (χ3n) is 4.61. The second-order valence-corrected chi connectivity index (χ2v) is 7.92. The summed E-state index contributed by atoms with van der Waals surface area (Å²) in [6.45, 7) is 2.63. The van der Waals surface area contributed by atoms with Gasteiger partial charge < -0.3 is 9.47 Å². The van der Waals surface area contributed by atoms with Crippen LogP contribution in [0.25, 0.3) is 0 Å². The third-order valence-corrected chi connectivity index (χ3v) is 5.14. The van der Waals surface area contributed by atoms with Crippen molar-refractivity contribution in [3.05, 3.63) is 64.1 Å². The number of ether oxygens (including phenoxy) is 2. The van der Waals surface area contributed by atoms with Crippen molar-refractivity contribution in [3.8, 4) is 5.75 Å². The summed E-state index contributed by atoms with van der Waals surface area (Å²) in [6.07, 6.45) is 8.71. The number of halogens is 1. The van der Waals surface area contributed by atoms with Crippen LogP contribution in [0.3, 0.4) is 0 Å². The highest BCUT2D eigenvalue weighted by Gasteiger charge is 2.12. The Morgan fingerprint density at radius 1 is 0.793 bits per heavy atom. The fraction of sp³-hybridized carbons (Fsp3) is 0.417. The van der Waals surface area contributed by atoms with Gasteiger partial charge in [0.05, 0.1) is 12.2 Å². The van der Waals surface area contributed by atoms with Gasteiger partial charge in [0.1, 0.15) is 5.75 Å². The minimum Gasteiger partial charge on any atom is -0.494 e. The zero-order valence-electron chi connectivity index (χ0n) is 17.0. The maximum absolute atomic E-state index is 12.2.